The minimum absolute atomic E-state index is 0.0944. The van der Waals surface area contributed by atoms with E-state index < -0.39 is 24.4 Å². The number of aromatic amines is 1. The minimum Gasteiger partial charge on any atom is -0.495 e. The van der Waals surface area contributed by atoms with Gasteiger partial charge in [0, 0.05) is 22.3 Å². The molecule has 2 aromatic carbocycles. The maximum absolute atomic E-state index is 13.8. The first-order valence-electron chi connectivity index (χ1n) is 8.65. The third kappa shape index (κ3) is 3.21. The van der Waals surface area contributed by atoms with Crippen molar-refractivity contribution in [2.45, 2.75) is 24.9 Å². The van der Waals surface area contributed by atoms with E-state index in [9.17, 15) is 18.7 Å². The Morgan fingerprint density at radius 1 is 1.32 bits per heavy atom. The molecule has 1 aromatic heterocycles. The van der Waals surface area contributed by atoms with E-state index in [-0.39, 0.29) is 17.7 Å². The van der Waals surface area contributed by atoms with Crippen molar-refractivity contribution in [1.82, 2.24) is 4.98 Å². The van der Waals surface area contributed by atoms with E-state index in [0.717, 1.165) is 10.9 Å². The number of carbonyl (C=O) groups excluding carboxylic acids is 1. The van der Waals surface area contributed by atoms with Crippen molar-refractivity contribution in [3.05, 3.63) is 58.2 Å². The summed E-state index contributed by atoms with van der Waals surface area (Å²) in [6.07, 6.45) is -2.26. The van der Waals surface area contributed by atoms with Gasteiger partial charge in [-0.25, -0.2) is 8.78 Å². The lowest BCUT2D eigenvalue weighted by Crippen LogP contribution is -2.32. The third-order valence-corrected chi connectivity index (χ3v) is 5.19. The Morgan fingerprint density at radius 3 is 2.86 bits per heavy atom. The smallest absolute Gasteiger partial charge is 0.277 e. The molecule has 0 fully saturated rings. The molecular weight excluding hydrogens is 390 g/mol. The summed E-state index contributed by atoms with van der Waals surface area (Å²) in [5, 5.41) is 14.0. The highest BCUT2D eigenvalue weighted by Gasteiger charge is 2.43. The second-order valence-corrected chi connectivity index (χ2v) is 7.22. The number of aryl methyl sites for hydroxylation is 1. The van der Waals surface area contributed by atoms with Crippen molar-refractivity contribution < 1.29 is 23.4 Å². The van der Waals surface area contributed by atoms with Gasteiger partial charge in [0.2, 0.25) is 0 Å². The predicted octanol–water partition coefficient (Wildman–Crippen LogP) is 4.70. The van der Waals surface area contributed by atoms with Gasteiger partial charge in [-0.2, -0.15) is 0 Å². The van der Waals surface area contributed by atoms with Crippen molar-refractivity contribution in [3.8, 4) is 5.75 Å². The van der Waals surface area contributed by atoms with Gasteiger partial charge in [-0.1, -0.05) is 11.6 Å². The van der Waals surface area contributed by atoms with Crippen LogP contribution in [0.15, 0.2) is 36.4 Å². The molecule has 1 heterocycles. The van der Waals surface area contributed by atoms with Gasteiger partial charge < -0.3 is 20.1 Å². The highest BCUT2D eigenvalue weighted by Crippen LogP contribution is 2.44. The van der Waals surface area contributed by atoms with Gasteiger partial charge in [-0.3, -0.25) is 4.79 Å². The molecule has 4 rings (SSSR count). The summed E-state index contributed by atoms with van der Waals surface area (Å²) in [5.74, 6) is -3.40. The molecule has 28 heavy (non-hydrogen) atoms. The van der Waals surface area contributed by atoms with E-state index in [1.165, 1.54) is 13.2 Å². The molecule has 3 aromatic rings. The Balaban J connectivity index is 1.66. The molecule has 1 aliphatic carbocycles. The van der Waals surface area contributed by atoms with Crippen LogP contribution in [0, 0.1) is 0 Å². The first-order chi connectivity index (χ1) is 13.3. The summed E-state index contributed by atoms with van der Waals surface area (Å²) < 4.78 is 32.8. The van der Waals surface area contributed by atoms with E-state index in [2.05, 4.69) is 10.3 Å². The number of benzene rings is 2. The number of halogens is 3. The molecule has 1 unspecified atom stereocenters. The first kappa shape index (κ1) is 18.7. The normalized spacial score (nSPS) is 18.0. The fourth-order valence-corrected chi connectivity index (χ4v) is 3.64. The first-order valence-corrected chi connectivity index (χ1v) is 9.02. The van der Waals surface area contributed by atoms with Crippen molar-refractivity contribution >= 4 is 34.1 Å². The minimum atomic E-state index is -3.19. The molecule has 1 atom stereocenters. The van der Waals surface area contributed by atoms with E-state index >= 15 is 0 Å². The summed E-state index contributed by atoms with van der Waals surface area (Å²) in [5.41, 5.74) is 2.10. The Bertz CT molecular complexity index is 1080. The molecule has 0 saturated heterocycles. The average Bonchev–Trinajstić information content (AvgIpc) is 3.08. The molecular formula is C20H17ClF2N2O3. The van der Waals surface area contributed by atoms with Gasteiger partial charge >= 0.3 is 0 Å². The van der Waals surface area contributed by atoms with Crippen LogP contribution in [0.1, 0.15) is 34.1 Å². The van der Waals surface area contributed by atoms with E-state index in [4.69, 9.17) is 16.3 Å². The number of ether oxygens (including phenoxy) is 1. The number of hydrogen-bond acceptors (Lipinski definition) is 3. The van der Waals surface area contributed by atoms with Crippen LogP contribution in [0.25, 0.3) is 10.9 Å². The Kier molecular flexibility index (Phi) is 4.51. The number of methoxy groups -OCH3 is 1. The average molecular weight is 407 g/mol. The van der Waals surface area contributed by atoms with Crippen LogP contribution < -0.4 is 10.1 Å². The molecule has 0 bridgehead atoms. The lowest BCUT2D eigenvalue weighted by atomic mass is 9.86. The van der Waals surface area contributed by atoms with E-state index in [0.29, 0.717) is 22.0 Å². The monoisotopic (exact) mass is 406 g/mol. The largest absolute Gasteiger partial charge is 0.495 e. The lowest BCUT2D eigenvalue weighted by molar-refractivity contribution is -0.121. The van der Waals surface area contributed by atoms with Gasteiger partial charge in [0.1, 0.15) is 17.5 Å². The maximum Gasteiger partial charge on any atom is 0.277 e. The summed E-state index contributed by atoms with van der Waals surface area (Å²) >= 11 is 5.97. The molecule has 5 nitrogen and oxygen atoms in total. The van der Waals surface area contributed by atoms with Crippen LogP contribution >= 0.6 is 11.6 Å². The quantitative estimate of drug-likeness (QED) is 0.590. The van der Waals surface area contributed by atoms with Crippen molar-refractivity contribution in [3.63, 3.8) is 0 Å². The molecule has 0 radical (unpaired) electrons. The van der Waals surface area contributed by atoms with Gasteiger partial charge in [0.15, 0.2) is 0 Å². The summed E-state index contributed by atoms with van der Waals surface area (Å²) in [6.45, 7) is 0. The molecule has 8 heteroatoms. The second-order valence-electron chi connectivity index (χ2n) is 6.78. The van der Waals surface area contributed by atoms with Gasteiger partial charge in [-0.15, -0.1) is 0 Å². The van der Waals surface area contributed by atoms with Crippen LogP contribution in [0.2, 0.25) is 5.02 Å². The number of H-pyrrole nitrogens is 1. The van der Waals surface area contributed by atoms with Crippen molar-refractivity contribution in [2.24, 2.45) is 0 Å². The van der Waals surface area contributed by atoms with Gasteiger partial charge in [0.05, 0.1) is 12.8 Å². The summed E-state index contributed by atoms with van der Waals surface area (Å²) in [7, 11) is 1.37. The van der Waals surface area contributed by atoms with Crippen LogP contribution in [-0.4, -0.2) is 29.0 Å². The molecule has 1 aliphatic rings. The number of aliphatic hydroxyl groups is 1. The third-order valence-electron chi connectivity index (χ3n) is 4.96. The maximum atomic E-state index is 13.8. The molecule has 146 valence electrons. The Labute approximate surface area is 164 Å². The number of nitrogens with one attached hydrogen (secondary N) is 2. The summed E-state index contributed by atoms with van der Waals surface area (Å²) in [6, 6.07) is 9.83. The number of hydrogen-bond donors (Lipinski definition) is 3. The molecule has 0 saturated carbocycles. The zero-order valence-corrected chi connectivity index (χ0v) is 15.6. The molecule has 1 amide bonds. The topological polar surface area (TPSA) is 74.3 Å². The highest BCUT2D eigenvalue weighted by atomic mass is 35.5. The van der Waals surface area contributed by atoms with Crippen LogP contribution in [-0.2, 0) is 6.42 Å². The van der Waals surface area contributed by atoms with Gasteiger partial charge in [0.25, 0.3) is 11.8 Å². The zero-order valence-electron chi connectivity index (χ0n) is 14.9. The van der Waals surface area contributed by atoms with Crippen LogP contribution in [0.5, 0.6) is 5.75 Å². The Morgan fingerprint density at radius 2 is 2.11 bits per heavy atom. The zero-order chi connectivity index (χ0) is 20.1. The van der Waals surface area contributed by atoms with Crippen LogP contribution in [0.4, 0.5) is 14.5 Å². The Hall–Kier alpha value is -2.64. The van der Waals surface area contributed by atoms with Crippen molar-refractivity contribution in [1.29, 1.82) is 0 Å². The number of rotatable bonds is 3. The SMILES string of the molecule is COc1cc2c(cc1NC(=O)c1cc3cc(Cl)ccc3[nH]1)CCC(F)(F)C2O. The number of aromatic nitrogens is 1. The summed E-state index contributed by atoms with van der Waals surface area (Å²) in [4.78, 5) is 15.7. The highest BCUT2D eigenvalue weighted by molar-refractivity contribution is 6.31. The number of amides is 1. The lowest BCUT2D eigenvalue weighted by Gasteiger charge is -2.30. The van der Waals surface area contributed by atoms with E-state index in [1.807, 2.05) is 0 Å². The second kappa shape index (κ2) is 6.76. The predicted molar refractivity (Wildman–Crippen MR) is 102 cm³/mol. The van der Waals surface area contributed by atoms with E-state index in [1.54, 1.807) is 30.3 Å². The molecule has 3 N–H and O–H groups in total. The standard InChI is InChI=1S/C20H17ClF2N2O3/c1-28-17-9-13-10(4-5-20(22,23)18(13)26)7-15(17)25-19(27)16-8-11-6-12(21)2-3-14(11)24-16/h2-3,6-9,18,24,26H,4-5H2,1H3,(H,25,27). The number of fused-ring (bicyclic) bond motifs is 2. The molecule has 0 aliphatic heterocycles. The number of anilines is 1. The number of alkyl halides is 2. The fraction of sp³-hybridized carbons (Fsp3) is 0.250. The van der Waals surface area contributed by atoms with Crippen molar-refractivity contribution in [2.75, 3.05) is 12.4 Å². The fourth-order valence-electron chi connectivity index (χ4n) is 3.46. The van der Waals surface area contributed by atoms with Crippen LogP contribution in [0.3, 0.4) is 0 Å². The number of carbonyl (C=O) groups is 1. The van der Waals surface area contributed by atoms with Gasteiger partial charge in [-0.05, 0) is 53.9 Å². The molecule has 0 spiro atoms. The number of aliphatic hydroxyl groups excluding tert-OH is 1.